The van der Waals surface area contributed by atoms with Crippen LogP contribution in [-0.4, -0.2) is 75.2 Å². The molecule has 0 radical (unpaired) electrons. The van der Waals surface area contributed by atoms with Crippen LogP contribution in [0.15, 0.2) is 29.2 Å². The van der Waals surface area contributed by atoms with Crippen molar-refractivity contribution in [3.63, 3.8) is 0 Å². The quantitative estimate of drug-likeness (QED) is 0.165. The third-order valence-electron chi connectivity index (χ3n) is 9.52. The Morgan fingerprint density at radius 3 is 1.98 bits per heavy atom. The number of hydrogen-bond acceptors (Lipinski definition) is 7. The lowest BCUT2D eigenvalue weighted by Gasteiger charge is -2.42. The average Bonchev–Trinajstić information content (AvgIpc) is 3.16. The third-order valence-corrected chi connectivity index (χ3v) is 20.4. The molecule has 0 N–H and O–H groups in total. The van der Waals surface area contributed by atoms with Gasteiger partial charge in [0.05, 0.1) is 41.7 Å². The van der Waals surface area contributed by atoms with Gasteiger partial charge in [-0.1, -0.05) is 60.6 Å². The summed E-state index contributed by atoms with van der Waals surface area (Å²) in [6.07, 6.45) is 0.524. The molecule has 5 atom stereocenters. The highest BCUT2D eigenvalue weighted by Gasteiger charge is 2.49. The normalized spacial score (nSPS) is 23.5. The third kappa shape index (κ3) is 9.30. The van der Waals surface area contributed by atoms with Crippen molar-refractivity contribution in [2.45, 2.75) is 133 Å². The van der Waals surface area contributed by atoms with E-state index in [1.807, 2.05) is 19.1 Å². The van der Waals surface area contributed by atoms with Crippen LogP contribution in [-0.2, 0) is 39.4 Å². The maximum atomic E-state index is 13.5. The number of hydrogen-bond donors (Lipinski definition) is 0. The monoisotopic (exact) mass is 628 g/mol. The van der Waals surface area contributed by atoms with Crippen LogP contribution in [0.25, 0.3) is 0 Å². The number of sulfone groups is 1. The first-order valence-corrected chi connectivity index (χ1v) is 22.4. The maximum absolute atomic E-state index is 13.5. The SMILES string of the molecule is CCc1ccc(S(=O)(=O)C[C@@H]2[C@H](OC)[C@@H](C[C@@H](CO[Si](C)(C)C(C)(C)C)O[Si](C)(C)C(C)(C)C)O[C@H]2CC=O)cc1. The number of carbonyl (C=O) groups excluding carboxylic acids is 1. The Morgan fingerprint density at radius 1 is 0.951 bits per heavy atom. The summed E-state index contributed by atoms with van der Waals surface area (Å²) in [5.41, 5.74) is 1.08. The number of rotatable bonds is 14. The Morgan fingerprint density at radius 2 is 1.51 bits per heavy atom. The summed E-state index contributed by atoms with van der Waals surface area (Å²) < 4.78 is 52.9. The zero-order valence-electron chi connectivity index (χ0n) is 27.6. The fourth-order valence-electron chi connectivity index (χ4n) is 4.74. The molecular formula is C31H56O7SSi2. The first-order chi connectivity index (χ1) is 18.7. The molecule has 236 valence electrons. The summed E-state index contributed by atoms with van der Waals surface area (Å²) in [6.45, 7) is 24.7. The molecule has 1 saturated heterocycles. The van der Waals surface area contributed by atoms with Crippen molar-refractivity contribution in [3.8, 4) is 0 Å². The van der Waals surface area contributed by atoms with E-state index >= 15 is 0 Å². The summed E-state index contributed by atoms with van der Waals surface area (Å²) in [5.74, 6) is -0.638. The summed E-state index contributed by atoms with van der Waals surface area (Å²) in [7, 11) is -6.25. The van der Waals surface area contributed by atoms with Crippen molar-refractivity contribution in [3.05, 3.63) is 29.8 Å². The standard InChI is InChI=1S/C31H56O7SSi2/c1-13-23-14-16-25(17-15-23)39(33,34)22-26-27(18-19-32)37-28(29(26)35-8)20-24(38-41(11,12)31(5,6)7)21-36-40(9,10)30(2,3)4/h14-17,19,24,26-29H,13,18,20-22H2,1-12H3/t24-,26-,27-,28+,29-/m0/s1. The molecule has 10 heteroatoms. The fraction of sp³-hybridized carbons (Fsp3) is 0.774. The molecule has 0 spiro atoms. The highest BCUT2D eigenvalue weighted by molar-refractivity contribution is 7.91. The molecule has 1 aromatic rings. The molecule has 7 nitrogen and oxygen atoms in total. The van der Waals surface area contributed by atoms with Crippen molar-refractivity contribution in [1.82, 2.24) is 0 Å². The van der Waals surface area contributed by atoms with Gasteiger partial charge < -0.3 is 23.1 Å². The van der Waals surface area contributed by atoms with Gasteiger partial charge in [-0.3, -0.25) is 0 Å². The van der Waals surface area contributed by atoms with Gasteiger partial charge in [0.15, 0.2) is 26.5 Å². The van der Waals surface area contributed by atoms with Crippen LogP contribution >= 0.6 is 0 Å². The second-order valence-electron chi connectivity index (χ2n) is 14.6. The van der Waals surface area contributed by atoms with Crippen LogP contribution in [0.1, 0.15) is 66.9 Å². The summed E-state index contributed by atoms with van der Waals surface area (Å²) in [5, 5.41) is 0.0562. The highest BCUT2D eigenvalue weighted by Crippen LogP contribution is 2.41. The van der Waals surface area contributed by atoms with E-state index in [0.29, 0.717) is 13.0 Å². The minimum absolute atomic E-state index is 0.00338. The van der Waals surface area contributed by atoms with Gasteiger partial charge in [-0.05, 0) is 60.4 Å². The van der Waals surface area contributed by atoms with Gasteiger partial charge >= 0.3 is 0 Å². The topological polar surface area (TPSA) is 88.1 Å². The van der Waals surface area contributed by atoms with E-state index in [1.54, 1.807) is 19.2 Å². The molecule has 0 aliphatic carbocycles. The second-order valence-corrected chi connectivity index (χ2v) is 26.2. The zero-order chi connectivity index (χ0) is 31.4. The first-order valence-electron chi connectivity index (χ1n) is 14.9. The summed E-state index contributed by atoms with van der Waals surface area (Å²) in [4.78, 5) is 11.9. The number of ether oxygens (including phenoxy) is 2. The first kappa shape index (κ1) is 36.3. The van der Waals surface area contributed by atoms with Gasteiger partial charge in [-0.2, -0.15) is 0 Å². The van der Waals surface area contributed by atoms with E-state index in [9.17, 15) is 13.2 Å². The average molecular weight is 629 g/mol. The van der Waals surface area contributed by atoms with Crippen molar-refractivity contribution in [2.75, 3.05) is 19.5 Å². The predicted molar refractivity (Wildman–Crippen MR) is 171 cm³/mol. The molecular weight excluding hydrogens is 573 g/mol. The van der Waals surface area contributed by atoms with Gasteiger partial charge in [0.2, 0.25) is 0 Å². The Balaban J connectivity index is 2.36. The van der Waals surface area contributed by atoms with E-state index in [0.717, 1.165) is 18.3 Å². The minimum atomic E-state index is -3.63. The van der Waals surface area contributed by atoms with Crippen molar-refractivity contribution >= 4 is 32.8 Å². The smallest absolute Gasteiger partial charge is 0.192 e. The number of methoxy groups -OCH3 is 1. The molecule has 1 heterocycles. The molecule has 1 aliphatic heterocycles. The van der Waals surface area contributed by atoms with Crippen LogP contribution in [0.4, 0.5) is 0 Å². The van der Waals surface area contributed by atoms with Gasteiger partial charge in [0.1, 0.15) is 6.29 Å². The molecule has 0 unspecified atom stereocenters. The Hall–Kier alpha value is -0.886. The summed E-state index contributed by atoms with van der Waals surface area (Å²) in [6, 6.07) is 7.03. The molecule has 0 aromatic heterocycles. The molecule has 1 fully saturated rings. The number of aldehydes is 1. The van der Waals surface area contributed by atoms with Gasteiger partial charge in [-0.25, -0.2) is 8.42 Å². The molecule has 1 aromatic carbocycles. The second kappa shape index (κ2) is 13.8. The van der Waals surface area contributed by atoms with E-state index < -0.39 is 50.7 Å². The molecule has 0 bridgehead atoms. The van der Waals surface area contributed by atoms with Crippen LogP contribution in [0.5, 0.6) is 0 Å². The number of carbonyl (C=O) groups is 1. The Kier molecular flexibility index (Phi) is 12.2. The van der Waals surface area contributed by atoms with Crippen LogP contribution < -0.4 is 0 Å². The molecule has 0 saturated carbocycles. The van der Waals surface area contributed by atoms with Gasteiger partial charge in [-0.15, -0.1) is 0 Å². The summed E-state index contributed by atoms with van der Waals surface area (Å²) >= 11 is 0. The van der Waals surface area contributed by atoms with E-state index in [-0.39, 0.29) is 33.2 Å². The van der Waals surface area contributed by atoms with Crippen molar-refractivity contribution in [2.24, 2.45) is 5.92 Å². The van der Waals surface area contributed by atoms with Gasteiger partial charge in [0.25, 0.3) is 0 Å². The maximum Gasteiger partial charge on any atom is 0.192 e. The molecule has 1 aliphatic rings. The van der Waals surface area contributed by atoms with Crippen molar-refractivity contribution < 1.29 is 31.5 Å². The van der Waals surface area contributed by atoms with E-state index in [4.69, 9.17) is 18.3 Å². The molecule has 41 heavy (non-hydrogen) atoms. The van der Waals surface area contributed by atoms with E-state index in [1.165, 1.54) is 0 Å². The van der Waals surface area contributed by atoms with E-state index in [2.05, 4.69) is 67.7 Å². The highest BCUT2D eigenvalue weighted by atomic mass is 32.2. The minimum Gasteiger partial charge on any atom is -0.414 e. The van der Waals surface area contributed by atoms with Crippen LogP contribution in [0, 0.1) is 5.92 Å². The fourth-order valence-corrected chi connectivity index (χ4v) is 8.78. The predicted octanol–water partition coefficient (Wildman–Crippen LogP) is 6.81. The molecule has 2 rings (SSSR count). The Bertz CT molecular complexity index is 1090. The lowest BCUT2D eigenvalue weighted by atomic mass is 9.94. The number of benzene rings is 1. The lowest BCUT2D eigenvalue weighted by Crippen LogP contribution is -2.49. The molecule has 0 amide bonds. The van der Waals surface area contributed by atoms with Crippen LogP contribution in [0.2, 0.25) is 36.3 Å². The van der Waals surface area contributed by atoms with Crippen molar-refractivity contribution in [1.29, 1.82) is 0 Å². The lowest BCUT2D eigenvalue weighted by molar-refractivity contribution is -0.111. The Labute approximate surface area is 252 Å². The zero-order valence-corrected chi connectivity index (χ0v) is 30.4. The number of aryl methyl sites for hydroxylation is 1. The van der Waals surface area contributed by atoms with Crippen LogP contribution in [0.3, 0.4) is 0 Å². The van der Waals surface area contributed by atoms with Gasteiger partial charge in [0, 0.05) is 25.9 Å². The largest absolute Gasteiger partial charge is 0.414 e.